The summed E-state index contributed by atoms with van der Waals surface area (Å²) in [4.78, 5) is 0. The van der Waals surface area contributed by atoms with Crippen molar-refractivity contribution in [2.45, 2.75) is 50.4 Å². The SMILES string of the molecule is NC1CCC(OCC2OCCc3ccccc32)CC1. The van der Waals surface area contributed by atoms with E-state index in [9.17, 15) is 0 Å². The van der Waals surface area contributed by atoms with Crippen LogP contribution in [0, 0.1) is 0 Å². The van der Waals surface area contributed by atoms with Crippen molar-refractivity contribution < 1.29 is 9.47 Å². The molecule has 0 amide bonds. The van der Waals surface area contributed by atoms with Crippen LogP contribution in [0.5, 0.6) is 0 Å². The van der Waals surface area contributed by atoms with Gasteiger partial charge in [0.25, 0.3) is 0 Å². The van der Waals surface area contributed by atoms with E-state index in [1.165, 1.54) is 11.1 Å². The van der Waals surface area contributed by atoms with Crippen molar-refractivity contribution >= 4 is 0 Å². The summed E-state index contributed by atoms with van der Waals surface area (Å²) in [6.07, 6.45) is 5.87. The van der Waals surface area contributed by atoms with Crippen LogP contribution in [0.1, 0.15) is 42.9 Å². The predicted molar refractivity (Wildman–Crippen MR) is 75.0 cm³/mol. The first-order chi connectivity index (χ1) is 9.33. The number of ether oxygens (including phenoxy) is 2. The molecule has 0 spiro atoms. The molecule has 2 N–H and O–H groups in total. The molecule has 0 saturated heterocycles. The predicted octanol–water partition coefficient (Wildman–Crippen LogP) is 2.59. The molecule has 1 heterocycles. The Labute approximate surface area is 115 Å². The highest BCUT2D eigenvalue weighted by Crippen LogP contribution is 2.28. The van der Waals surface area contributed by atoms with E-state index in [0.29, 0.717) is 18.8 Å². The molecule has 1 aromatic carbocycles. The van der Waals surface area contributed by atoms with Crippen LogP contribution in [-0.2, 0) is 15.9 Å². The highest BCUT2D eigenvalue weighted by atomic mass is 16.5. The number of fused-ring (bicyclic) bond motifs is 1. The van der Waals surface area contributed by atoms with E-state index in [1.54, 1.807) is 0 Å². The maximum atomic E-state index is 6.05. The van der Waals surface area contributed by atoms with Crippen LogP contribution in [0.4, 0.5) is 0 Å². The van der Waals surface area contributed by atoms with Gasteiger partial charge in [-0.25, -0.2) is 0 Å². The van der Waals surface area contributed by atoms with Crippen LogP contribution in [0.15, 0.2) is 24.3 Å². The van der Waals surface area contributed by atoms with Gasteiger partial charge >= 0.3 is 0 Å². The Bertz CT molecular complexity index is 413. The number of hydrogen-bond acceptors (Lipinski definition) is 3. The highest BCUT2D eigenvalue weighted by molar-refractivity contribution is 5.30. The van der Waals surface area contributed by atoms with Gasteiger partial charge in [-0.1, -0.05) is 24.3 Å². The van der Waals surface area contributed by atoms with E-state index in [4.69, 9.17) is 15.2 Å². The van der Waals surface area contributed by atoms with E-state index in [2.05, 4.69) is 24.3 Å². The molecule has 1 fully saturated rings. The normalized spacial score (nSPS) is 30.9. The summed E-state index contributed by atoms with van der Waals surface area (Å²) in [6, 6.07) is 8.93. The first kappa shape index (κ1) is 13.1. The zero-order valence-electron chi connectivity index (χ0n) is 11.4. The van der Waals surface area contributed by atoms with Crippen molar-refractivity contribution in [1.29, 1.82) is 0 Å². The van der Waals surface area contributed by atoms with Crippen LogP contribution < -0.4 is 5.73 Å². The Kier molecular flexibility index (Phi) is 4.16. The standard InChI is InChI=1S/C16H23NO2/c17-13-5-7-14(8-6-13)19-11-16-15-4-2-1-3-12(15)9-10-18-16/h1-4,13-14,16H,5-11,17H2. The minimum atomic E-state index is 0.112. The number of benzene rings is 1. The summed E-state index contributed by atoms with van der Waals surface area (Å²) in [6.45, 7) is 1.48. The van der Waals surface area contributed by atoms with Gasteiger partial charge in [-0.3, -0.25) is 0 Å². The third-order valence-corrected chi connectivity index (χ3v) is 4.29. The van der Waals surface area contributed by atoms with E-state index in [0.717, 1.165) is 38.7 Å². The first-order valence-corrected chi connectivity index (χ1v) is 7.39. The van der Waals surface area contributed by atoms with Gasteiger partial charge in [0, 0.05) is 6.04 Å². The van der Waals surface area contributed by atoms with Gasteiger partial charge < -0.3 is 15.2 Å². The van der Waals surface area contributed by atoms with Crippen molar-refractivity contribution in [2.24, 2.45) is 5.73 Å². The van der Waals surface area contributed by atoms with Gasteiger partial charge in [-0.2, -0.15) is 0 Å². The van der Waals surface area contributed by atoms with Gasteiger partial charge in [-0.15, -0.1) is 0 Å². The summed E-state index contributed by atoms with van der Waals surface area (Å²) < 4.78 is 11.9. The Hall–Kier alpha value is -0.900. The molecule has 104 valence electrons. The lowest BCUT2D eigenvalue weighted by molar-refractivity contribution is -0.0607. The second kappa shape index (κ2) is 6.04. The largest absolute Gasteiger partial charge is 0.375 e. The second-order valence-corrected chi connectivity index (χ2v) is 5.68. The molecule has 3 heteroatoms. The fraction of sp³-hybridized carbons (Fsp3) is 0.625. The molecular formula is C16H23NO2. The third kappa shape index (κ3) is 3.16. The Morgan fingerprint density at radius 1 is 1.16 bits per heavy atom. The van der Waals surface area contributed by atoms with Crippen LogP contribution >= 0.6 is 0 Å². The molecule has 0 bridgehead atoms. The van der Waals surface area contributed by atoms with Crippen LogP contribution in [0.25, 0.3) is 0 Å². The molecule has 19 heavy (non-hydrogen) atoms. The highest BCUT2D eigenvalue weighted by Gasteiger charge is 2.24. The summed E-state index contributed by atoms with van der Waals surface area (Å²) in [7, 11) is 0. The maximum Gasteiger partial charge on any atom is 0.106 e. The van der Waals surface area contributed by atoms with Crippen molar-refractivity contribution in [1.82, 2.24) is 0 Å². The van der Waals surface area contributed by atoms with Gasteiger partial charge in [0.1, 0.15) is 6.10 Å². The molecule has 1 atom stereocenters. The summed E-state index contributed by atoms with van der Waals surface area (Å²) >= 11 is 0. The molecule has 0 aromatic heterocycles. The molecule has 1 unspecified atom stereocenters. The maximum absolute atomic E-state index is 6.05. The van der Waals surface area contributed by atoms with Gasteiger partial charge in [-0.05, 0) is 43.2 Å². The van der Waals surface area contributed by atoms with Crippen LogP contribution in [-0.4, -0.2) is 25.4 Å². The number of nitrogens with two attached hydrogens (primary N) is 1. The fourth-order valence-corrected chi connectivity index (χ4v) is 3.09. The van der Waals surface area contributed by atoms with Crippen LogP contribution in [0.3, 0.4) is 0 Å². The van der Waals surface area contributed by atoms with Gasteiger partial charge in [0.15, 0.2) is 0 Å². The lowest BCUT2D eigenvalue weighted by Crippen LogP contribution is -2.31. The van der Waals surface area contributed by atoms with E-state index in [-0.39, 0.29) is 6.10 Å². The smallest absolute Gasteiger partial charge is 0.106 e. The summed E-state index contributed by atoms with van der Waals surface area (Å²) in [5.41, 5.74) is 8.64. The van der Waals surface area contributed by atoms with Gasteiger partial charge in [0.05, 0.1) is 19.3 Å². The second-order valence-electron chi connectivity index (χ2n) is 5.68. The van der Waals surface area contributed by atoms with Crippen molar-refractivity contribution in [3.8, 4) is 0 Å². The quantitative estimate of drug-likeness (QED) is 0.909. The molecule has 1 aromatic rings. The van der Waals surface area contributed by atoms with E-state index in [1.807, 2.05) is 0 Å². The number of hydrogen-bond donors (Lipinski definition) is 1. The minimum Gasteiger partial charge on any atom is -0.375 e. The molecule has 2 aliphatic rings. The minimum absolute atomic E-state index is 0.112. The molecule has 0 radical (unpaired) electrons. The third-order valence-electron chi connectivity index (χ3n) is 4.29. The average Bonchev–Trinajstić information content (AvgIpc) is 2.47. The summed E-state index contributed by atoms with van der Waals surface area (Å²) in [5, 5.41) is 0. The lowest BCUT2D eigenvalue weighted by Gasteiger charge is -2.30. The van der Waals surface area contributed by atoms with Crippen LogP contribution in [0.2, 0.25) is 0 Å². The Morgan fingerprint density at radius 3 is 2.79 bits per heavy atom. The first-order valence-electron chi connectivity index (χ1n) is 7.39. The molecule has 1 aliphatic carbocycles. The Balaban J connectivity index is 1.56. The van der Waals surface area contributed by atoms with Crippen molar-refractivity contribution in [2.75, 3.05) is 13.2 Å². The average molecular weight is 261 g/mol. The molecular weight excluding hydrogens is 238 g/mol. The lowest BCUT2D eigenvalue weighted by atomic mass is 9.93. The molecule has 3 rings (SSSR count). The summed E-state index contributed by atoms with van der Waals surface area (Å²) in [5.74, 6) is 0. The number of rotatable bonds is 3. The van der Waals surface area contributed by atoms with Crippen molar-refractivity contribution in [3.63, 3.8) is 0 Å². The fourth-order valence-electron chi connectivity index (χ4n) is 3.09. The topological polar surface area (TPSA) is 44.5 Å². The van der Waals surface area contributed by atoms with Gasteiger partial charge in [0.2, 0.25) is 0 Å². The zero-order valence-corrected chi connectivity index (χ0v) is 11.4. The Morgan fingerprint density at radius 2 is 1.95 bits per heavy atom. The molecule has 1 aliphatic heterocycles. The van der Waals surface area contributed by atoms with Crippen molar-refractivity contribution in [3.05, 3.63) is 35.4 Å². The zero-order chi connectivity index (χ0) is 13.1. The van der Waals surface area contributed by atoms with E-state index < -0.39 is 0 Å². The monoisotopic (exact) mass is 261 g/mol. The molecule has 1 saturated carbocycles. The van der Waals surface area contributed by atoms with E-state index >= 15 is 0 Å². The molecule has 3 nitrogen and oxygen atoms in total.